The molecule has 0 bridgehead atoms. The minimum Gasteiger partial charge on any atom is -0.354 e. The topological polar surface area (TPSA) is 49.4 Å². The quantitative estimate of drug-likeness (QED) is 0.628. The molecule has 1 N–H and O–H groups in total. The second-order valence-corrected chi connectivity index (χ2v) is 7.63. The first-order chi connectivity index (χ1) is 10.5. The largest absolute Gasteiger partial charge is 0.354 e. The van der Waals surface area contributed by atoms with Crippen LogP contribution in [0.25, 0.3) is 0 Å². The number of benzene rings is 1. The zero-order chi connectivity index (χ0) is 16.1. The van der Waals surface area contributed by atoms with E-state index < -0.39 is 0 Å². The molecule has 2 amide bonds. The van der Waals surface area contributed by atoms with Gasteiger partial charge in [0, 0.05) is 18.0 Å². The van der Waals surface area contributed by atoms with E-state index in [1.165, 1.54) is 34.7 Å². The van der Waals surface area contributed by atoms with Crippen molar-refractivity contribution in [1.29, 1.82) is 0 Å². The highest BCUT2D eigenvalue weighted by Gasteiger charge is 2.25. The van der Waals surface area contributed by atoms with Gasteiger partial charge in [-0.15, -0.1) is 11.8 Å². The van der Waals surface area contributed by atoms with Crippen molar-refractivity contribution in [2.24, 2.45) is 0 Å². The summed E-state index contributed by atoms with van der Waals surface area (Å²) >= 11 is 7.99. The standard InChI is InChI=1S/C15H18N2O2S3/c1-10-3-4-11(2)12(7-10)21-8-13(18)16-5-6-17-14(19)9-22-15(17)20/h3-4,7H,5-6,8-9H2,1-2H3,(H,16,18). The van der Waals surface area contributed by atoms with Crippen LogP contribution in [0.1, 0.15) is 11.1 Å². The van der Waals surface area contributed by atoms with Crippen LogP contribution in [0.3, 0.4) is 0 Å². The second-order valence-electron chi connectivity index (χ2n) is 5.01. The Labute approximate surface area is 144 Å². The van der Waals surface area contributed by atoms with Crippen molar-refractivity contribution in [3.05, 3.63) is 29.3 Å². The molecule has 1 aliphatic heterocycles. The Morgan fingerprint density at radius 2 is 2.23 bits per heavy atom. The van der Waals surface area contributed by atoms with Gasteiger partial charge in [-0.1, -0.05) is 41.7 Å². The fourth-order valence-corrected chi connectivity index (χ4v) is 4.04. The Kier molecular flexibility index (Phi) is 6.28. The van der Waals surface area contributed by atoms with Gasteiger partial charge in [-0.3, -0.25) is 14.5 Å². The molecule has 0 aromatic heterocycles. The molecule has 4 nitrogen and oxygen atoms in total. The molecular weight excluding hydrogens is 336 g/mol. The molecule has 0 spiro atoms. The number of carbonyl (C=O) groups is 2. The van der Waals surface area contributed by atoms with Crippen LogP contribution in [0.5, 0.6) is 0 Å². The fourth-order valence-electron chi connectivity index (χ4n) is 1.96. The first-order valence-electron chi connectivity index (χ1n) is 6.91. The molecule has 0 radical (unpaired) electrons. The van der Waals surface area contributed by atoms with Gasteiger partial charge < -0.3 is 5.32 Å². The maximum Gasteiger partial charge on any atom is 0.238 e. The molecule has 22 heavy (non-hydrogen) atoms. The van der Waals surface area contributed by atoms with Gasteiger partial charge in [0.25, 0.3) is 0 Å². The number of amides is 2. The van der Waals surface area contributed by atoms with E-state index in [1.54, 1.807) is 4.90 Å². The zero-order valence-electron chi connectivity index (χ0n) is 12.5. The number of aryl methyl sites for hydroxylation is 2. The predicted octanol–water partition coefficient (Wildman–Crippen LogP) is 2.37. The maximum absolute atomic E-state index is 11.9. The van der Waals surface area contributed by atoms with Gasteiger partial charge in [0.1, 0.15) is 4.32 Å². The van der Waals surface area contributed by atoms with E-state index in [1.807, 2.05) is 13.8 Å². The molecule has 1 saturated heterocycles. The molecule has 1 fully saturated rings. The highest BCUT2D eigenvalue weighted by Crippen LogP contribution is 2.23. The number of nitrogens with one attached hydrogen (secondary N) is 1. The molecule has 1 aliphatic rings. The van der Waals surface area contributed by atoms with E-state index in [0.29, 0.717) is 28.9 Å². The number of thioether (sulfide) groups is 2. The van der Waals surface area contributed by atoms with E-state index in [-0.39, 0.29) is 11.8 Å². The third-order valence-corrected chi connectivity index (χ3v) is 5.79. The summed E-state index contributed by atoms with van der Waals surface area (Å²) in [5.74, 6) is 0.775. The molecule has 1 heterocycles. The Bertz CT molecular complexity index is 588. The van der Waals surface area contributed by atoms with Crippen molar-refractivity contribution in [2.45, 2.75) is 18.7 Å². The summed E-state index contributed by atoms with van der Waals surface area (Å²) in [6.45, 7) is 4.96. The normalized spacial score (nSPS) is 14.5. The Morgan fingerprint density at radius 3 is 2.91 bits per heavy atom. The number of hydrogen-bond donors (Lipinski definition) is 1. The van der Waals surface area contributed by atoms with Gasteiger partial charge in [-0.05, 0) is 25.5 Å². The van der Waals surface area contributed by atoms with Crippen molar-refractivity contribution in [3.63, 3.8) is 0 Å². The van der Waals surface area contributed by atoms with Crippen LogP contribution in [0.2, 0.25) is 0 Å². The highest BCUT2D eigenvalue weighted by atomic mass is 32.2. The average Bonchev–Trinajstić information content (AvgIpc) is 2.80. The zero-order valence-corrected chi connectivity index (χ0v) is 15.0. The molecule has 1 aromatic carbocycles. The molecule has 1 aromatic rings. The summed E-state index contributed by atoms with van der Waals surface area (Å²) in [5.41, 5.74) is 2.36. The van der Waals surface area contributed by atoms with Crippen LogP contribution in [0.4, 0.5) is 0 Å². The van der Waals surface area contributed by atoms with Crippen LogP contribution in [-0.4, -0.2) is 45.6 Å². The predicted molar refractivity (Wildman–Crippen MR) is 96.4 cm³/mol. The molecule has 0 unspecified atom stereocenters. The molecular formula is C15H18N2O2S3. The Balaban J connectivity index is 1.73. The van der Waals surface area contributed by atoms with Crippen LogP contribution >= 0.6 is 35.7 Å². The van der Waals surface area contributed by atoms with Gasteiger partial charge in [0.2, 0.25) is 11.8 Å². The minimum atomic E-state index is -0.0314. The summed E-state index contributed by atoms with van der Waals surface area (Å²) in [4.78, 5) is 26.1. The van der Waals surface area contributed by atoms with Gasteiger partial charge >= 0.3 is 0 Å². The van der Waals surface area contributed by atoms with Crippen molar-refractivity contribution >= 4 is 51.9 Å². The van der Waals surface area contributed by atoms with Crippen molar-refractivity contribution in [1.82, 2.24) is 10.2 Å². The number of thiocarbonyl (C=S) groups is 1. The molecule has 0 aliphatic carbocycles. The molecule has 0 saturated carbocycles. The molecule has 2 rings (SSSR count). The first kappa shape index (κ1) is 17.3. The number of hydrogen-bond acceptors (Lipinski definition) is 5. The molecule has 118 valence electrons. The Hall–Kier alpha value is -1.05. The second kappa shape index (κ2) is 7.99. The minimum absolute atomic E-state index is 0.0222. The highest BCUT2D eigenvalue weighted by molar-refractivity contribution is 8.23. The third-order valence-electron chi connectivity index (χ3n) is 3.20. The van der Waals surface area contributed by atoms with Crippen molar-refractivity contribution in [2.75, 3.05) is 24.6 Å². The van der Waals surface area contributed by atoms with E-state index in [9.17, 15) is 9.59 Å². The lowest BCUT2D eigenvalue weighted by Crippen LogP contribution is -2.37. The lowest BCUT2D eigenvalue weighted by molar-refractivity contribution is -0.124. The fraction of sp³-hybridized carbons (Fsp3) is 0.400. The van der Waals surface area contributed by atoms with Gasteiger partial charge in [0.15, 0.2) is 0 Å². The van der Waals surface area contributed by atoms with E-state index in [4.69, 9.17) is 12.2 Å². The van der Waals surface area contributed by atoms with E-state index in [0.717, 1.165) is 4.90 Å². The SMILES string of the molecule is Cc1ccc(C)c(SCC(=O)NCCN2C(=O)CSC2=S)c1. The lowest BCUT2D eigenvalue weighted by atomic mass is 10.2. The summed E-state index contributed by atoms with van der Waals surface area (Å²) in [6, 6.07) is 6.21. The van der Waals surface area contributed by atoms with Crippen LogP contribution < -0.4 is 5.32 Å². The molecule has 0 atom stereocenters. The summed E-state index contributed by atoms with van der Waals surface area (Å²) in [7, 11) is 0. The lowest BCUT2D eigenvalue weighted by Gasteiger charge is -2.15. The summed E-state index contributed by atoms with van der Waals surface area (Å²) in [6.07, 6.45) is 0. The van der Waals surface area contributed by atoms with Crippen molar-refractivity contribution < 1.29 is 9.59 Å². The van der Waals surface area contributed by atoms with E-state index >= 15 is 0 Å². The summed E-state index contributed by atoms with van der Waals surface area (Å²) < 4.78 is 0.601. The number of carbonyl (C=O) groups excluding carboxylic acids is 2. The van der Waals surface area contributed by atoms with Gasteiger partial charge in [0.05, 0.1) is 11.5 Å². The Morgan fingerprint density at radius 1 is 1.45 bits per heavy atom. The first-order valence-corrected chi connectivity index (χ1v) is 9.29. The smallest absolute Gasteiger partial charge is 0.238 e. The average molecular weight is 355 g/mol. The monoisotopic (exact) mass is 354 g/mol. The van der Waals surface area contributed by atoms with Gasteiger partial charge in [-0.2, -0.15) is 0 Å². The van der Waals surface area contributed by atoms with Crippen LogP contribution in [-0.2, 0) is 9.59 Å². The van der Waals surface area contributed by atoms with Gasteiger partial charge in [-0.25, -0.2) is 0 Å². The van der Waals surface area contributed by atoms with Crippen LogP contribution in [0, 0.1) is 13.8 Å². The van der Waals surface area contributed by atoms with Crippen molar-refractivity contribution in [3.8, 4) is 0 Å². The molecule has 7 heteroatoms. The summed E-state index contributed by atoms with van der Waals surface area (Å²) in [5, 5.41) is 2.83. The number of rotatable bonds is 6. The third kappa shape index (κ3) is 4.72. The van der Waals surface area contributed by atoms with E-state index in [2.05, 4.69) is 23.5 Å². The van der Waals surface area contributed by atoms with Crippen LogP contribution in [0.15, 0.2) is 23.1 Å². The maximum atomic E-state index is 11.9. The number of nitrogens with zero attached hydrogens (tertiary/aromatic N) is 1.